The number of hydrogen-bond donors (Lipinski definition) is 0. The zero-order valence-corrected chi connectivity index (χ0v) is 12.2. The van der Waals surface area contributed by atoms with Gasteiger partial charge in [0.15, 0.2) is 0 Å². The van der Waals surface area contributed by atoms with Crippen molar-refractivity contribution in [1.82, 2.24) is 9.96 Å². The summed E-state index contributed by atoms with van der Waals surface area (Å²) in [5.41, 5.74) is 0.486. The Morgan fingerprint density at radius 3 is 2.50 bits per heavy atom. The molecule has 2 aliphatic heterocycles. The van der Waals surface area contributed by atoms with E-state index in [1.54, 1.807) is 12.1 Å². The molecule has 2 heterocycles. The Morgan fingerprint density at radius 2 is 1.91 bits per heavy atom. The lowest BCUT2D eigenvalue weighted by Crippen LogP contribution is -2.52. The SMILES string of the molecule is CCN1CCOCC1C(=O)ON1C(=O)c2ccccc2C1=O. The number of benzene rings is 1. The van der Waals surface area contributed by atoms with Crippen molar-refractivity contribution in [2.24, 2.45) is 0 Å². The van der Waals surface area contributed by atoms with Crippen molar-refractivity contribution in [3.63, 3.8) is 0 Å². The van der Waals surface area contributed by atoms with Crippen LogP contribution < -0.4 is 0 Å². The van der Waals surface area contributed by atoms with Gasteiger partial charge in [0, 0.05) is 6.54 Å². The molecule has 0 radical (unpaired) electrons. The number of nitrogens with zero attached hydrogens (tertiary/aromatic N) is 2. The number of hydrogen-bond acceptors (Lipinski definition) is 6. The quantitative estimate of drug-likeness (QED) is 0.755. The van der Waals surface area contributed by atoms with Crippen molar-refractivity contribution in [2.45, 2.75) is 13.0 Å². The van der Waals surface area contributed by atoms with Crippen LogP contribution in [0.5, 0.6) is 0 Å². The molecule has 3 rings (SSSR count). The molecule has 0 saturated carbocycles. The van der Waals surface area contributed by atoms with Crippen molar-refractivity contribution in [3.05, 3.63) is 35.4 Å². The lowest BCUT2D eigenvalue weighted by Gasteiger charge is -2.33. The summed E-state index contributed by atoms with van der Waals surface area (Å²) in [6.07, 6.45) is 0. The number of amides is 2. The molecule has 1 atom stereocenters. The van der Waals surface area contributed by atoms with Crippen LogP contribution in [0.15, 0.2) is 24.3 Å². The van der Waals surface area contributed by atoms with Gasteiger partial charge in [-0.25, -0.2) is 4.79 Å². The second kappa shape index (κ2) is 5.86. The molecule has 2 aliphatic rings. The largest absolute Gasteiger partial charge is 0.378 e. The fraction of sp³-hybridized carbons (Fsp3) is 0.400. The highest BCUT2D eigenvalue weighted by Gasteiger charge is 2.41. The van der Waals surface area contributed by atoms with Gasteiger partial charge in [-0.3, -0.25) is 14.5 Å². The van der Waals surface area contributed by atoms with E-state index in [9.17, 15) is 14.4 Å². The standard InChI is InChI=1S/C15H16N2O5/c1-2-16-7-8-21-9-12(16)15(20)22-17-13(18)10-5-3-4-6-11(10)14(17)19/h3-6,12H,2,7-9H2,1H3. The molecule has 0 aliphatic carbocycles. The number of fused-ring (bicyclic) bond motifs is 1. The highest BCUT2D eigenvalue weighted by Crippen LogP contribution is 2.23. The smallest absolute Gasteiger partial charge is 0.352 e. The number of likely N-dealkylation sites (N-methyl/N-ethyl adjacent to an activating group) is 1. The molecule has 1 unspecified atom stereocenters. The lowest BCUT2D eigenvalue weighted by atomic mass is 10.1. The van der Waals surface area contributed by atoms with E-state index in [2.05, 4.69) is 0 Å². The Morgan fingerprint density at radius 1 is 1.27 bits per heavy atom. The van der Waals surface area contributed by atoms with Gasteiger partial charge in [0.05, 0.1) is 24.3 Å². The Hall–Kier alpha value is -2.25. The predicted octanol–water partition coefficient (Wildman–Crippen LogP) is 0.462. The summed E-state index contributed by atoms with van der Waals surface area (Å²) >= 11 is 0. The molecule has 7 nitrogen and oxygen atoms in total. The minimum atomic E-state index is -0.656. The van der Waals surface area contributed by atoms with E-state index in [4.69, 9.17) is 9.57 Å². The third-order valence-electron chi connectivity index (χ3n) is 3.86. The van der Waals surface area contributed by atoms with E-state index in [0.29, 0.717) is 24.8 Å². The summed E-state index contributed by atoms with van der Waals surface area (Å²) in [5.74, 6) is -1.89. The van der Waals surface area contributed by atoms with Crippen LogP contribution in [-0.2, 0) is 14.4 Å². The number of hydroxylamine groups is 2. The van der Waals surface area contributed by atoms with Gasteiger partial charge < -0.3 is 9.57 Å². The number of carbonyl (C=O) groups excluding carboxylic acids is 3. The van der Waals surface area contributed by atoms with E-state index in [1.165, 1.54) is 12.1 Å². The molecule has 1 aromatic rings. The molecule has 116 valence electrons. The minimum Gasteiger partial charge on any atom is -0.378 e. The third kappa shape index (κ3) is 2.38. The number of ether oxygens (including phenoxy) is 1. The fourth-order valence-electron chi connectivity index (χ4n) is 2.63. The number of rotatable bonds is 3. The van der Waals surface area contributed by atoms with Gasteiger partial charge in [0.25, 0.3) is 11.8 Å². The van der Waals surface area contributed by atoms with Gasteiger partial charge in [0.1, 0.15) is 6.04 Å². The Balaban J connectivity index is 1.75. The summed E-state index contributed by atoms with van der Waals surface area (Å²) in [6.45, 7) is 3.93. The molecule has 2 amide bonds. The minimum absolute atomic E-state index is 0.190. The van der Waals surface area contributed by atoms with Crippen molar-refractivity contribution in [1.29, 1.82) is 0 Å². The molecule has 7 heteroatoms. The van der Waals surface area contributed by atoms with Gasteiger partial charge in [-0.1, -0.05) is 24.1 Å². The zero-order chi connectivity index (χ0) is 15.7. The molecule has 0 aromatic heterocycles. The first-order chi connectivity index (χ1) is 10.6. The first-order valence-electron chi connectivity index (χ1n) is 7.15. The van der Waals surface area contributed by atoms with E-state index in [-0.39, 0.29) is 17.7 Å². The molecule has 22 heavy (non-hydrogen) atoms. The second-order valence-corrected chi connectivity index (χ2v) is 5.08. The topological polar surface area (TPSA) is 76.2 Å². The van der Waals surface area contributed by atoms with E-state index in [0.717, 1.165) is 0 Å². The van der Waals surface area contributed by atoms with Crippen LogP contribution in [0.3, 0.4) is 0 Å². The number of morpholine rings is 1. The lowest BCUT2D eigenvalue weighted by molar-refractivity contribution is -0.180. The molecule has 1 fully saturated rings. The third-order valence-corrected chi connectivity index (χ3v) is 3.86. The maximum absolute atomic E-state index is 12.3. The summed E-state index contributed by atoms with van der Waals surface area (Å²) in [5, 5.41) is 0.537. The van der Waals surface area contributed by atoms with Crippen LogP contribution in [-0.4, -0.2) is 60.1 Å². The van der Waals surface area contributed by atoms with Crippen molar-refractivity contribution in [3.8, 4) is 0 Å². The average molecular weight is 304 g/mol. The van der Waals surface area contributed by atoms with Crippen LogP contribution >= 0.6 is 0 Å². The maximum atomic E-state index is 12.3. The van der Waals surface area contributed by atoms with E-state index < -0.39 is 23.8 Å². The van der Waals surface area contributed by atoms with E-state index in [1.807, 2.05) is 11.8 Å². The molecule has 1 aromatic carbocycles. The van der Waals surface area contributed by atoms with Crippen LogP contribution in [0.1, 0.15) is 27.6 Å². The van der Waals surface area contributed by atoms with Crippen molar-refractivity contribution >= 4 is 17.8 Å². The predicted molar refractivity (Wildman–Crippen MR) is 74.9 cm³/mol. The normalized spacial score (nSPS) is 21.9. The number of carbonyl (C=O) groups is 3. The van der Waals surface area contributed by atoms with Crippen LogP contribution in [0.4, 0.5) is 0 Å². The molecule has 0 spiro atoms. The zero-order valence-electron chi connectivity index (χ0n) is 12.2. The molecule has 1 saturated heterocycles. The molecule has 0 N–H and O–H groups in total. The van der Waals surface area contributed by atoms with Gasteiger partial charge in [-0.05, 0) is 18.7 Å². The van der Waals surface area contributed by atoms with Gasteiger partial charge >= 0.3 is 5.97 Å². The van der Waals surface area contributed by atoms with Crippen LogP contribution in [0, 0.1) is 0 Å². The van der Waals surface area contributed by atoms with Gasteiger partial charge in [-0.15, -0.1) is 0 Å². The van der Waals surface area contributed by atoms with Crippen LogP contribution in [0.2, 0.25) is 0 Å². The van der Waals surface area contributed by atoms with Crippen molar-refractivity contribution < 1.29 is 24.0 Å². The highest BCUT2D eigenvalue weighted by atomic mass is 16.7. The summed E-state index contributed by atoms with van der Waals surface area (Å²) in [6, 6.07) is 5.77. The molecular weight excluding hydrogens is 288 g/mol. The van der Waals surface area contributed by atoms with E-state index >= 15 is 0 Å². The average Bonchev–Trinajstić information content (AvgIpc) is 2.80. The summed E-state index contributed by atoms with van der Waals surface area (Å²) in [4.78, 5) is 43.6. The fourth-order valence-corrected chi connectivity index (χ4v) is 2.63. The van der Waals surface area contributed by atoms with Crippen LogP contribution in [0.25, 0.3) is 0 Å². The summed E-state index contributed by atoms with van der Waals surface area (Å²) in [7, 11) is 0. The molecular formula is C15H16N2O5. The first-order valence-corrected chi connectivity index (χ1v) is 7.15. The Labute approximate surface area is 127 Å². The summed E-state index contributed by atoms with van der Waals surface area (Å²) < 4.78 is 5.28. The first kappa shape index (κ1) is 14.7. The Bertz CT molecular complexity index is 595. The second-order valence-electron chi connectivity index (χ2n) is 5.08. The van der Waals surface area contributed by atoms with Gasteiger partial charge in [-0.2, -0.15) is 0 Å². The van der Waals surface area contributed by atoms with Gasteiger partial charge in [0.2, 0.25) is 0 Å². The molecule has 0 bridgehead atoms. The number of imide groups is 1. The monoisotopic (exact) mass is 304 g/mol. The Kier molecular flexibility index (Phi) is 3.91. The highest BCUT2D eigenvalue weighted by molar-refractivity contribution is 6.20. The van der Waals surface area contributed by atoms with Crippen molar-refractivity contribution in [2.75, 3.05) is 26.3 Å². The maximum Gasteiger partial charge on any atom is 0.352 e.